The first kappa shape index (κ1) is 18.7. The van der Waals surface area contributed by atoms with Crippen molar-refractivity contribution in [2.75, 3.05) is 13.8 Å². The number of rotatable bonds is 3. The van der Waals surface area contributed by atoms with Crippen molar-refractivity contribution in [3.8, 4) is 11.5 Å². The van der Waals surface area contributed by atoms with E-state index in [9.17, 15) is 9.59 Å². The van der Waals surface area contributed by atoms with E-state index in [0.717, 1.165) is 31.2 Å². The number of ether oxygens (including phenoxy) is 3. The van der Waals surface area contributed by atoms with Gasteiger partial charge >= 0.3 is 12.0 Å². The lowest BCUT2D eigenvalue weighted by Gasteiger charge is -2.33. The van der Waals surface area contributed by atoms with Gasteiger partial charge in [-0.2, -0.15) is 0 Å². The van der Waals surface area contributed by atoms with E-state index < -0.39 is 6.04 Å². The van der Waals surface area contributed by atoms with Gasteiger partial charge in [-0.1, -0.05) is 18.9 Å². The number of fused-ring (bicyclic) bond motifs is 1. The molecule has 1 aromatic rings. The van der Waals surface area contributed by atoms with E-state index in [-0.39, 0.29) is 24.9 Å². The maximum absolute atomic E-state index is 13.1. The number of carbonyl (C=O) groups is 2. The third-order valence-electron chi connectivity index (χ3n) is 5.78. The SMILES string of the molecule is CC1=C(C(=O)OC2CCCCCC2)[C@@H](c2ccc3c(c2)OCO3)NC(=O)N1C. The van der Waals surface area contributed by atoms with Crippen LogP contribution in [0.5, 0.6) is 11.5 Å². The van der Waals surface area contributed by atoms with E-state index in [0.29, 0.717) is 22.8 Å². The van der Waals surface area contributed by atoms with Crippen molar-refractivity contribution in [2.45, 2.75) is 57.6 Å². The number of amides is 2. The van der Waals surface area contributed by atoms with E-state index in [2.05, 4.69) is 5.32 Å². The molecular formula is C21H26N2O5. The molecule has 1 aliphatic carbocycles. The van der Waals surface area contributed by atoms with Crippen molar-refractivity contribution in [3.63, 3.8) is 0 Å². The molecule has 1 N–H and O–H groups in total. The number of esters is 1. The fraction of sp³-hybridized carbons (Fsp3) is 0.524. The van der Waals surface area contributed by atoms with Gasteiger partial charge in [0.15, 0.2) is 11.5 Å². The standard InChI is InChI=1S/C21H26N2O5/c1-13-18(20(24)28-15-7-5-3-4-6-8-15)19(22-21(25)23(13)2)14-9-10-16-17(11-14)27-12-26-16/h9-11,15,19H,3-8,12H2,1-2H3,(H,22,25)/t19-/m1/s1. The van der Waals surface area contributed by atoms with Crippen LogP contribution in [0.1, 0.15) is 57.1 Å². The monoisotopic (exact) mass is 386 g/mol. The van der Waals surface area contributed by atoms with Crippen LogP contribution >= 0.6 is 0 Å². The molecule has 2 aliphatic heterocycles. The predicted molar refractivity (Wildman–Crippen MR) is 102 cm³/mol. The summed E-state index contributed by atoms with van der Waals surface area (Å²) in [5, 5.41) is 2.92. The molecule has 2 amide bonds. The smallest absolute Gasteiger partial charge is 0.338 e. The van der Waals surface area contributed by atoms with Gasteiger partial charge in [-0.3, -0.25) is 0 Å². The normalized spacial score (nSPS) is 22.7. The molecule has 0 radical (unpaired) electrons. The number of hydrogen-bond acceptors (Lipinski definition) is 5. The highest BCUT2D eigenvalue weighted by molar-refractivity contribution is 5.95. The van der Waals surface area contributed by atoms with E-state index >= 15 is 0 Å². The third kappa shape index (κ3) is 3.53. The van der Waals surface area contributed by atoms with Crippen LogP contribution in [0.4, 0.5) is 4.79 Å². The first-order valence-electron chi connectivity index (χ1n) is 9.90. The lowest BCUT2D eigenvalue weighted by atomic mass is 9.94. The minimum atomic E-state index is -0.587. The number of hydrogen-bond donors (Lipinski definition) is 1. The second kappa shape index (κ2) is 7.73. The van der Waals surface area contributed by atoms with Crippen LogP contribution in [0.15, 0.2) is 29.5 Å². The largest absolute Gasteiger partial charge is 0.459 e. The summed E-state index contributed by atoms with van der Waals surface area (Å²) in [5.41, 5.74) is 1.83. The van der Waals surface area contributed by atoms with E-state index in [1.165, 1.54) is 17.7 Å². The minimum Gasteiger partial charge on any atom is -0.459 e. The quantitative estimate of drug-likeness (QED) is 0.634. The zero-order chi connectivity index (χ0) is 19.7. The lowest BCUT2D eigenvalue weighted by Crippen LogP contribution is -2.46. The second-order valence-electron chi connectivity index (χ2n) is 7.57. The molecule has 28 heavy (non-hydrogen) atoms. The summed E-state index contributed by atoms with van der Waals surface area (Å²) in [6.07, 6.45) is 6.28. The Morgan fingerprint density at radius 3 is 2.61 bits per heavy atom. The fourth-order valence-corrected chi connectivity index (χ4v) is 4.02. The van der Waals surface area contributed by atoms with Crippen molar-refractivity contribution in [2.24, 2.45) is 0 Å². The van der Waals surface area contributed by atoms with Gasteiger partial charge in [0.25, 0.3) is 0 Å². The van der Waals surface area contributed by atoms with Gasteiger partial charge in [-0.15, -0.1) is 0 Å². The van der Waals surface area contributed by atoms with Crippen LogP contribution < -0.4 is 14.8 Å². The molecule has 7 heteroatoms. The lowest BCUT2D eigenvalue weighted by molar-refractivity contribution is -0.145. The fourth-order valence-electron chi connectivity index (χ4n) is 4.02. The van der Waals surface area contributed by atoms with Crippen LogP contribution in [0.2, 0.25) is 0 Å². The summed E-state index contributed by atoms with van der Waals surface area (Å²) in [5.74, 6) is 0.907. The molecule has 0 aromatic heterocycles. The van der Waals surface area contributed by atoms with Gasteiger partial charge < -0.3 is 24.4 Å². The number of carbonyl (C=O) groups excluding carboxylic acids is 2. The summed E-state index contributed by atoms with van der Waals surface area (Å²) in [7, 11) is 1.65. The van der Waals surface area contributed by atoms with E-state index in [1.807, 2.05) is 12.1 Å². The molecule has 7 nitrogen and oxygen atoms in total. The van der Waals surface area contributed by atoms with Crippen molar-refractivity contribution in [1.82, 2.24) is 10.2 Å². The van der Waals surface area contributed by atoms with Gasteiger partial charge in [-0.25, -0.2) is 9.59 Å². The number of nitrogens with zero attached hydrogens (tertiary/aromatic N) is 1. The highest BCUT2D eigenvalue weighted by Crippen LogP contribution is 2.38. The molecule has 2 heterocycles. The number of nitrogens with one attached hydrogen (secondary N) is 1. The summed E-state index contributed by atoms with van der Waals surface area (Å²) in [6.45, 7) is 1.95. The molecule has 0 bridgehead atoms. The number of urea groups is 1. The Hall–Kier alpha value is -2.70. The molecule has 150 valence electrons. The van der Waals surface area contributed by atoms with Gasteiger partial charge in [0.1, 0.15) is 6.10 Å². The Morgan fingerprint density at radius 2 is 1.86 bits per heavy atom. The average Bonchev–Trinajstić information content (AvgIpc) is 3.01. The van der Waals surface area contributed by atoms with Gasteiger partial charge in [-0.05, 0) is 50.3 Å². The topological polar surface area (TPSA) is 77.1 Å². The maximum atomic E-state index is 13.1. The van der Waals surface area contributed by atoms with Crippen LogP contribution in [0, 0.1) is 0 Å². The predicted octanol–water partition coefficient (Wildman–Crippen LogP) is 3.65. The Bertz CT molecular complexity index is 811. The Morgan fingerprint density at radius 1 is 1.14 bits per heavy atom. The second-order valence-corrected chi connectivity index (χ2v) is 7.57. The first-order chi connectivity index (χ1) is 13.5. The van der Waals surface area contributed by atoms with Gasteiger partial charge in [0.05, 0.1) is 11.6 Å². The summed E-state index contributed by atoms with van der Waals surface area (Å²) >= 11 is 0. The van der Waals surface area contributed by atoms with E-state index in [1.54, 1.807) is 20.0 Å². The first-order valence-corrected chi connectivity index (χ1v) is 9.90. The summed E-state index contributed by atoms with van der Waals surface area (Å²) < 4.78 is 16.7. The Balaban J connectivity index is 1.64. The van der Waals surface area contributed by atoms with Crippen molar-refractivity contribution < 1.29 is 23.8 Å². The molecular weight excluding hydrogens is 360 g/mol. The van der Waals surface area contributed by atoms with Crippen LogP contribution in [-0.2, 0) is 9.53 Å². The molecule has 0 saturated heterocycles. The van der Waals surface area contributed by atoms with Crippen molar-refractivity contribution in [3.05, 3.63) is 35.0 Å². The van der Waals surface area contributed by atoms with Crippen LogP contribution in [0.25, 0.3) is 0 Å². The molecule has 1 fully saturated rings. The third-order valence-corrected chi connectivity index (χ3v) is 5.78. The maximum Gasteiger partial charge on any atom is 0.338 e. The molecule has 4 rings (SSSR count). The van der Waals surface area contributed by atoms with Gasteiger partial charge in [0, 0.05) is 12.7 Å². The zero-order valence-corrected chi connectivity index (χ0v) is 16.3. The molecule has 0 spiro atoms. The molecule has 3 aliphatic rings. The highest BCUT2D eigenvalue weighted by atomic mass is 16.7. The van der Waals surface area contributed by atoms with E-state index in [4.69, 9.17) is 14.2 Å². The summed E-state index contributed by atoms with van der Waals surface area (Å²) in [4.78, 5) is 27.0. The molecule has 1 atom stereocenters. The molecule has 1 aromatic carbocycles. The van der Waals surface area contributed by atoms with Gasteiger partial charge in [0.2, 0.25) is 6.79 Å². The van der Waals surface area contributed by atoms with Crippen molar-refractivity contribution >= 4 is 12.0 Å². The van der Waals surface area contributed by atoms with Crippen LogP contribution in [0.3, 0.4) is 0 Å². The number of allylic oxidation sites excluding steroid dienone is 1. The number of benzene rings is 1. The molecule has 0 unspecified atom stereocenters. The average molecular weight is 386 g/mol. The Kier molecular flexibility index (Phi) is 5.15. The van der Waals surface area contributed by atoms with Crippen molar-refractivity contribution in [1.29, 1.82) is 0 Å². The highest BCUT2D eigenvalue weighted by Gasteiger charge is 2.36. The summed E-state index contributed by atoms with van der Waals surface area (Å²) in [6, 6.07) is 4.61. The molecule has 1 saturated carbocycles. The minimum absolute atomic E-state index is 0.0596. The zero-order valence-electron chi connectivity index (χ0n) is 16.3. The Labute approximate surface area is 164 Å². The van der Waals surface area contributed by atoms with Crippen LogP contribution in [-0.4, -0.2) is 36.8 Å².